The van der Waals surface area contributed by atoms with Crippen molar-refractivity contribution in [3.63, 3.8) is 0 Å². The SMILES string of the molecule is CNCc1nnc(-c2ccccc2Cl)n1C. The normalized spacial score (nSPS) is 10.7. The van der Waals surface area contributed by atoms with Gasteiger partial charge in [0, 0.05) is 12.6 Å². The van der Waals surface area contributed by atoms with Gasteiger partial charge in [0.05, 0.1) is 11.6 Å². The fourth-order valence-corrected chi connectivity index (χ4v) is 1.77. The van der Waals surface area contributed by atoms with E-state index in [-0.39, 0.29) is 0 Å². The van der Waals surface area contributed by atoms with Gasteiger partial charge in [0.1, 0.15) is 5.82 Å². The predicted octanol–water partition coefficient (Wildman–Crippen LogP) is 1.85. The van der Waals surface area contributed by atoms with Gasteiger partial charge in [0.2, 0.25) is 0 Å². The minimum absolute atomic E-state index is 0.688. The smallest absolute Gasteiger partial charge is 0.165 e. The number of halogens is 1. The molecule has 0 amide bonds. The second-order valence-electron chi connectivity index (χ2n) is 3.51. The van der Waals surface area contributed by atoms with Crippen molar-refractivity contribution in [1.82, 2.24) is 20.1 Å². The Morgan fingerprint density at radius 1 is 1.31 bits per heavy atom. The van der Waals surface area contributed by atoms with E-state index in [9.17, 15) is 0 Å². The van der Waals surface area contributed by atoms with Crippen molar-refractivity contribution in [3.05, 3.63) is 35.1 Å². The lowest BCUT2D eigenvalue weighted by Gasteiger charge is -2.04. The summed E-state index contributed by atoms with van der Waals surface area (Å²) in [5.41, 5.74) is 0.904. The van der Waals surface area contributed by atoms with Crippen LogP contribution in [0.3, 0.4) is 0 Å². The molecule has 0 aliphatic heterocycles. The number of nitrogens with one attached hydrogen (secondary N) is 1. The van der Waals surface area contributed by atoms with E-state index in [1.54, 1.807) is 0 Å². The van der Waals surface area contributed by atoms with Gasteiger partial charge in [-0.25, -0.2) is 0 Å². The van der Waals surface area contributed by atoms with E-state index < -0.39 is 0 Å². The largest absolute Gasteiger partial charge is 0.313 e. The van der Waals surface area contributed by atoms with Crippen molar-refractivity contribution in [2.75, 3.05) is 7.05 Å². The Labute approximate surface area is 99.3 Å². The van der Waals surface area contributed by atoms with Crippen LogP contribution in [-0.4, -0.2) is 21.8 Å². The summed E-state index contributed by atoms with van der Waals surface area (Å²) in [5, 5.41) is 12.0. The molecule has 0 aliphatic rings. The number of nitrogens with zero attached hydrogens (tertiary/aromatic N) is 3. The third kappa shape index (κ3) is 1.94. The molecule has 0 radical (unpaired) electrons. The van der Waals surface area contributed by atoms with Crippen LogP contribution in [0, 0.1) is 0 Å². The zero-order chi connectivity index (χ0) is 11.5. The highest BCUT2D eigenvalue weighted by Gasteiger charge is 2.12. The fourth-order valence-electron chi connectivity index (χ4n) is 1.55. The number of rotatable bonds is 3. The molecule has 2 aromatic rings. The zero-order valence-electron chi connectivity index (χ0n) is 9.24. The summed E-state index contributed by atoms with van der Waals surface area (Å²) in [6.45, 7) is 0.688. The zero-order valence-corrected chi connectivity index (χ0v) is 9.99. The maximum atomic E-state index is 6.12. The summed E-state index contributed by atoms with van der Waals surface area (Å²) in [4.78, 5) is 0. The monoisotopic (exact) mass is 236 g/mol. The van der Waals surface area contributed by atoms with Crippen LogP contribution >= 0.6 is 11.6 Å². The molecule has 0 fully saturated rings. The van der Waals surface area contributed by atoms with E-state index in [2.05, 4.69) is 15.5 Å². The van der Waals surface area contributed by atoms with Crippen LogP contribution in [0.5, 0.6) is 0 Å². The van der Waals surface area contributed by atoms with Crippen molar-refractivity contribution >= 4 is 11.6 Å². The van der Waals surface area contributed by atoms with Gasteiger partial charge in [-0.05, 0) is 19.2 Å². The molecule has 0 bridgehead atoms. The topological polar surface area (TPSA) is 42.7 Å². The van der Waals surface area contributed by atoms with Gasteiger partial charge in [-0.15, -0.1) is 10.2 Å². The predicted molar refractivity (Wildman–Crippen MR) is 64.2 cm³/mol. The lowest BCUT2D eigenvalue weighted by molar-refractivity contribution is 0.709. The summed E-state index contributed by atoms with van der Waals surface area (Å²) in [5.74, 6) is 1.67. The minimum atomic E-state index is 0.688. The van der Waals surface area contributed by atoms with Crippen LogP contribution in [0.4, 0.5) is 0 Å². The first kappa shape index (κ1) is 11.1. The summed E-state index contributed by atoms with van der Waals surface area (Å²) in [6.07, 6.45) is 0. The van der Waals surface area contributed by atoms with E-state index in [1.807, 2.05) is 42.9 Å². The molecule has 16 heavy (non-hydrogen) atoms. The molecule has 0 unspecified atom stereocenters. The van der Waals surface area contributed by atoms with Crippen LogP contribution in [0.2, 0.25) is 5.02 Å². The minimum Gasteiger partial charge on any atom is -0.313 e. The van der Waals surface area contributed by atoms with Crippen LogP contribution in [0.15, 0.2) is 24.3 Å². The first-order valence-electron chi connectivity index (χ1n) is 5.02. The molecule has 0 atom stereocenters. The third-order valence-corrected chi connectivity index (χ3v) is 2.74. The van der Waals surface area contributed by atoms with Crippen molar-refractivity contribution in [1.29, 1.82) is 0 Å². The number of hydrogen-bond acceptors (Lipinski definition) is 3. The molecular weight excluding hydrogens is 224 g/mol. The summed E-state index contributed by atoms with van der Waals surface area (Å²) < 4.78 is 1.94. The average molecular weight is 237 g/mol. The van der Waals surface area contributed by atoms with Crippen molar-refractivity contribution in [3.8, 4) is 11.4 Å². The Morgan fingerprint density at radius 3 is 2.75 bits per heavy atom. The molecule has 1 aromatic carbocycles. The first-order chi connectivity index (χ1) is 7.74. The molecule has 4 nitrogen and oxygen atoms in total. The van der Waals surface area contributed by atoms with Gasteiger partial charge in [-0.2, -0.15) is 0 Å². The molecule has 0 saturated heterocycles. The number of hydrogen-bond donors (Lipinski definition) is 1. The summed E-state index contributed by atoms with van der Waals surface area (Å²) >= 11 is 6.12. The van der Waals surface area contributed by atoms with Crippen LogP contribution < -0.4 is 5.32 Å². The lowest BCUT2D eigenvalue weighted by Crippen LogP contribution is -2.10. The van der Waals surface area contributed by atoms with Gasteiger partial charge in [0.25, 0.3) is 0 Å². The molecule has 1 aromatic heterocycles. The second-order valence-corrected chi connectivity index (χ2v) is 3.92. The average Bonchev–Trinajstić information content (AvgIpc) is 2.62. The Morgan fingerprint density at radius 2 is 2.06 bits per heavy atom. The van der Waals surface area contributed by atoms with Gasteiger partial charge >= 0.3 is 0 Å². The Bertz CT molecular complexity index is 492. The van der Waals surface area contributed by atoms with E-state index in [1.165, 1.54) is 0 Å². The highest BCUT2D eigenvalue weighted by molar-refractivity contribution is 6.33. The quantitative estimate of drug-likeness (QED) is 0.885. The van der Waals surface area contributed by atoms with Crippen molar-refractivity contribution in [2.24, 2.45) is 7.05 Å². The summed E-state index contributed by atoms with van der Waals surface area (Å²) in [7, 11) is 3.81. The van der Waals surface area contributed by atoms with Crippen molar-refractivity contribution in [2.45, 2.75) is 6.54 Å². The highest BCUT2D eigenvalue weighted by atomic mass is 35.5. The third-order valence-electron chi connectivity index (χ3n) is 2.41. The maximum Gasteiger partial charge on any atom is 0.165 e. The van der Waals surface area contributed by atoms with E-state index in [4.69, 9.17) is 11.6 Å². The number of aromatic nitrogens is 3. The lowest BCUT2D eigenvalue weighted by atomic mass is 10.2. The molecule has 5 heteroatoms. The molecule has 84 valence electrons. The van der Waals surface area contributed by atoms with Crippen LogP contribution in [0.1, 0.15) is 5.82 Å². The van der Waals surface area contributed by atoms with Crippen LogP contribution in [-0.2, 0) is 13.6 Å². The Balaban J connectivity index is 2.45. The molecule has 2 rings (SSSR count). The standard InChI is InChI=1S/C11H13ClN4/c1-13-7-10-14-15-11(16(10)2)8-5-3-4-6-9(8)12/h3-6,13H,7H2,1-2H3. The first-order valence-corrected chi connectivity index (χ1v) is 5.39. The van der Waals surface area contributed by atoms with E-state index in [0.29, 0.717) is 11.6 Å². The second kappa shape index (κ2) is 4.63. The molecule has 1 N–H and O–H groups in total. The van der Waals surface area contributed by atoms with Gasteiger partial charge in [-0.3, -0.25) is 0 Å². The number of benzene rings is 1. The Kier molecular flexibility index (Phi) is 3.22. The van der Waals surface area contributed by atoms with Crippen LogP contribution in [0.25, 0.3) is 11.4 Å². The molecule has 0 spiro atoms. The molecular formula is C11H13ClN4. The van der Waals surface area contributed by atoms with Gasteiger partial charge in [0.15, 0.2) is 5.82 Å². The van der Waals surface area contributed by atoms with Gasteiger partial charge in [-0.1, -0.05) is 23.7 Å². The fraction of sp³-hybridized carbons (Fsp3) is 0.273. The van der Waals surface area contributed by atoms with Crippen molar-refractivity contribution < 1.29 is 0 Å². The summed E-state index contributed by atoms with van der Waals surface area (Å²) in [6, 6.07) is 7.63. The molecule has 1 heterocycles. The Hall–Kier alpha value is -1.39. The van der Waals surface area contributed by atoms with E-state index >= 15 is 0 Å². The van der Waals surface area contributed by atoms with E-state index in [0.717, 1.165) is 17.2 Å². The van der Waals surface area contributed by atoms with Gasteiger partial charge < -0.3 is 9.88 Å². The molecule has 0 aliphatic carbocycles. The molecule has 0 saturated carbocycles. The maximum absolute atomic E-state index is 6.12. The highest BCUT2D eigenvalue weighted by Crippen LogP contribution is 2.25.